The average molecular weight is 653 g/mol. The lowest BCUT2D eigenvalue weighted by molar-refractivity contribution is -0.329. The third-order valence-corrected chi connectivity index (χ3v) is 15.9. The molecule has 7 aliphatic rings. The Balaban J connectivity index is 1.15. The van der Waals surface area contributed by atoms with Crippen molar-refractivity contribution in [3.63, 3.8) is 0 Å². The summed E-state index contributed by atoms with van der Waals surface area (Å²) in [5, 5.41) is 75.9. The number of fused-ring (bicyclic) bond motifs is 2. The van der Waals surface area contributed by atoms with E-state index in [-0.39, 0.29) is 51.6 Å². The molecule has 2 saturated heterocycles. The van der Waals surface area contributed by atoms with Gasteiger partial charge in [0.15, 0.2) is 6.29 Å². The van der Waals surface area contributed by atoms with E-state index in [2.05, 4.69) is 34.6 Å². The third kappa shape index (κ3) is 4.24. The molecule has 5 aliphatic carbocycles. The van der Waals surface area contributed by atoms with Crippen LogP contribution in [0.5, 0.6) is 0 Å². The largest absolute Gasteiger partial charge is 0.394 e. The highest BCUT2D eigenvalue weighted by atomic mass is 16.7. The molecule has 0 amide bonds. The van der Waals surface area contributed by atoms with Crippen molar-refractivity contribution in [3.8, 4) is 0 Å². The minimum absolute atomic E-state index is 0.0295. The number of aliphatic hydroxyl groups excluding tert-OH is 6. The van der Waals surface area contributed by atoms with Crippen LogP contribution in [0, 0.1) is 44.8 Å². The Hall–Kier alpha value is -0.400. The zero-order valence-corrected chi connectivity index (χ0v) is 28.9. The van der Waals surface area contributed by atoms with E-state index in [4.69, 9.17) is 14.2 Å². The second kappa shape index (κ2) is 10.3. The molecule has 0 bridgehead atoms. The predicted molar refractivity (Wildman–Crippen MR) is 167 cm³/mol. The molecule has 0 aromatic heterocycles. The molecule has 0 aromatic rings. The summed E-state index contributed by atoms with van der Waals surface area (Å²) in [5.41, 5.74) is -2.26. The molecule has 10 nitrogen and oxygen atoms in total. The highest BCUT2D eigenvalue weighted by Crippen LogP contribution is 2.89. The van der Waals surface area contributed by atoms with Crippen LogP contribution < -0.4 is 0 Å². The first-order valence-corrected chi connectivity index (χ1v) is 17.9. The van der Waals surface area contributed by atoms with Gasteiger partial charge in [0.1, 0.15) is 24.4 Å². The van der Waals surface area contributed by atoms with Gasteiger partial charge in [0.2, 0.25) is 0 Å². The molecule has 2 aliphatic heterocycles. The Labute approximate surface area is 273 Å². The zero-order chi connectivity index (χ0) is 33.6. The quantitative estimate of drug-likeness (QED) is 0.219. The van der Waals surface area contributed by atoms with E-state index in [9.17, 15) is 35.7 Å². The van der Waals surface area contributed by atoms with Crippen LogP contribution in [0.1, 0.15) is 106 Å². The van der Waals surface area contributed by atoms with Crippen molar-refractivity contribution in [2.24, 2.45) is 44.8 Å². The summed E-state index contributed by atoms with van der Waals surface area (Å²) in [6, 6.07) is 0. The molecule has 7 N–H and O–H groups in total. The summed E-state index contributed by atoms with van der Waals surface area (Å²) >= 11 is 0. The van der Waals surface area contributed by atoms with E-state index in [0.717, 1.165) is 38.5 Å². The molecule has 7 fully saturated rings. The second-order valence-corrected chi connectivity index (χ2v) is 18.7. The monoisotopic (exact) mass is 652 g/mol. The van der Waals surface area contributed by atoms with Gasteiger partial charge in [0.25, 0.3) is 0 Å². The summed E-state index contributed by atoms with van der Waals surface area (Å²) < 4.78 is 18.8. The number of ether oxygens (including phenoxy) is 3. The van der Waals surface area contributed by atoms with Gasteiger partial charge in [-0.3, -0.25) is 0 Å². The highest BCUT2D eigenvalue weighted by Gasteiger charge is 2.85. The summed E-state index contributed by atoms with van der Waals surface area (Å²) in [4.78, 5) is 0. The van der Waals surface area contributed by atoms with Gasteiger partial charge < -0.3 is 50.0 Å². The molecule has 264 valence electrons. The fourth-order valence-corrected chi connectivity index (χ4v) is 13.7. The van der Waals surface area contributed by atoms with Crippen LogP contribution in [0.15, 0.2) is 0 Å². The van der Waals surface area contributed by atoms with E-state index < -0.39 is 66.1 Å². The maximum absolute atomic E-state index is 12.2. The SMILES string of the molecule is CC(C)(O)C1CC[C@@](C)([C@H]2[C@@H](O)C[C@@]3(C)[C@@H]4C[C@H](O)[C@H]5C(C)(C)[C@@H](O[C@@H]6O[C@H](CO)[C@@H](O)[C@H](O)[C@H]6O)CC[C@@]56C[C@@]46CC[C@]23C)O1. The van der Waals surface area contributed by atoms with Gasteiger partial charge in [-0.15, -0.1) is 0 Å². The molecule has 46 heavy (non-hydrogen) atoms. The Bertz CT molecular complexity index is 1200. The van der Waals surface area contributed by atoms with Gasteiger partial charge in [-0.25, -0.2) is 0 Å². The first-order valence-electron chi connectivity index (χ1n) is 17.9. The standard InChI is InChI=1S/C36H60O10/c1-30(2)22(45-29-26(42)25(41)24(40)20(16-37)44-29)9-11-36-17-35(36)13-12-32(5)28(34(7)10-8-23(46-34)31(3,4)43)19(39)15-33(32,6)21(35)14-18(38)27(30)36/h18-29,37-43H,8-17H2,1-7H3/t18-,19-,20+,21-,22-,23?,24+,25-,26+,27-,28-,29-,32+,33-,34-,35-,36+/m0/s1. The highest BCUT2D eigenvalue weighted by molar-refractivity contribution is 5.33. The minimum Gasteiger partial charge on any atom is -0.394 e. The van der Waals surface area contributed by atoms with E-state index in [1.165, 1.54) is 0 Å². The van der Waals surface area contributed by atoms with Crippen molar-refractivity contribution in [2.75, 3.05) is 6.61 Å². The van der Waals surface area contributed by atoms with E-state index >= 15 is 0 Å². The number of hydrogen-bond donors (Lipinski definition) is 7. The Kier molecular flexibility index (Phi) is 7.65. The van der Waals surface area contributed by atoms with Crippen molar-refractivity contribution in [2.45, 2.75) is 173 Å². The molecule has 5 saturated carbocycles. The van der Waals surface area contributed by atoms with Gasteiger partial charge in [-0.05, 0) is 117 Å². The lowest BCUT2D eigenvalue weighted by atomic mass is 9.41. The van der Waals surface area contributed by atoms with Crippen molar-refractivity contribution >= 4 is 0 Å². The van der Waals surface area contributed by atoms with Gasteiger partial charge in [-0.1, -0.05) is 27.7 Å². The minimum atomic E-state index is -1.50. The van der Waals surface area contributed by atoms with Gasteiger partial charge in [0, 0.05) is 5.92 Å². The Morgan fingerprint density at radius 3 is 2.11 bits per heavy atom. The molecular formula is C36H60O10. The van der Waals surface area contributed by atoms with Crippen LogP contribution in [-0.2, 0) is 14.2 Å². The summed E-state index contributed by atoms with van der Waals surface area (Å²) in [6.07, 6.45) is -0.708. The fraction of sp³-hybridized carbons (Fsp3) is 1.00. The third-order valence-electron chi connectivity index (χ3n) is 15.9. The van der Waals surface area contributed by atoms with Crippen LogP contribution in [0.2, 0.25) is 0 Å². The van der Waals surface area contributed by atoms with Crippen LogP contribution in [-0.4, -0.2) is 109 Å². The lowest BCUT2D eigenvalue weighted by Crippen LogP contribution is -2.64. The van der Waals surface area contributed by atoms with Gasteiger partial charge >= 0.3 is 0 Å². The molecular weight excluding hydrogens is 592 g/mol. The van der Waals surface area contributed by atoms with Crippen LogP contribution in [0.25, 0.3) is 0 Å². The zero-order valence-electron chi connectivity index (χ0n) is 28.9. The maximum Gasteiger partial charge on any atom is 0.186 e. The summed E-state index contributed by atoms with van der Waals surface area (Å²) in [5.74, 6) is 0.176. The Morgan fingerprint density at radius 2 is 1.48 bits per heavy atom. The van der Waals surface area contributed by atoms with Crippen molar-refractivity contribution in [1.82, 2.24) is 0 Å². The van der Waals surface area contributed by atoms with Crippen LogP contribution >= 0.6 is 0 Å². The number of hydrogen-bond acceptors (Lipinski definition) is 10. The molecule has 1 unspecified atom stereocenters. The normalized spacial score (nSPS) is 59.3. The molecule has 2 heterocycles. The molecule has 0 radical (unpaired) electrons. The first-order chi connectivity index (χ1) is 21.2. The van der Waals surface area contributed by atoms with Crippen molar-refractivity contribution in [3.05, 3.63) is 0 Å². The summed E-state index contributed by atoms with van der Waals surface area (Å²) in [6.45, 7) is 14.3. The van der Waals surface area contributed by atoms with E-state index in [0.29, 0.717) is 19.3 Å². The van der Waals surface area contributed by atoms with Gasteiger partial charge in [0.05, 0.1) is 42.2 Å². The predicted octanol–water partition coefficient (Wildman–Crippen LogP) is 2.26. The Morgan fingerprint density at radius 1 is 0.783 bits per heavy atom. The average Bonchev–Trinajstić information content (AvgIpc) is 3.31. The molecule has 2 spiro atoms. The van der Waals surface area contributed by atoms with Gasteiger partial charge in [-0.2, -0.15) is 0 Å². The van der Waals surface area contributed by atoms with Crippen LogP contribution in [0.4, 0.5) is 0 Å². The second-order valence-electron chi connectivity index (χ2n) is 18.7. The van der Waals surface area contributed by atoms with Crippen LogP contribution in [0.3, 0.4) is 0 Å². The van der Waals surface area contributed by atoms with Crippen molar-refractivity contribution in [1.29, 1.82) is 0 Å². The molecule has 17 atom stereocenters. The smallest absolute Gasteiger partial charge is 0.186 e. The van der Waals surface area contributed by atoms with E-state index in [1.807, 2.05) is 13.8 Å². The molecule has 0 aromatic carbocycles. The number of aliphatic hydroxyl groups is 7. The molecule has 10 heteroatoms. The van der Waals surface area contributed by atoms with Crippen molar-refractivity contribution < 1.29 is 50.0 Å². The fourth-order valence-electron chi connectivity index (χ4n) is 13.7. The van der Waals surface area contributed by atoms with E-state index in [1.54, 1.807) is 0 Å². The topological polar surface area (TPSA) is 169 Å². The first kappa shape index (κ1) is 34.1. The number of rotatable bonds is 5. The maximum atomic E-state index is 12.2. The lowest BCUT2D eigenvalue weighted by Gasteiger charge is -2.64. The molecule has 7 rings (SSSR count). The summed E-state index contributed by atoms with van der Waals surface area (Å²) in [7, 11) is 0.